The van der Waals surface area contributed by atoms with E-state index in [0.29, 0.717) is 30.8 Å². The smallest absolute Gasteiger partial charge is 0.475 e. The van der Waals surface area contributed by atoms with Gasteiger partial charge in [0.25, 0.3) is 0 Å². The highest BCUT2D eigenvalue weighted by molar-refractivity contribution is 5.90. The molecule has 2 amide bonds. The molecule has 4 aliphatic carbocycles. The van der Waals surface area contributed by atoms with E-state index in [1.807, 2.05) is 30.3 Å². The number of nitrogens with zero attached hydrogens (tertiary/aromatic N) is 1. The molecule has 1 aliphatic heterocycles. The van der Waals surface area contributed by atoms with Crippen LogP contribution in [-0.4, -0.2) is 58.6 Å². The monoisotopic (exact) mass is 585 g/mol. The minimum Gasteiger partial charge on any atom is -0.475 e. The van der Waals surface area contributed by atoms with E-state index in [0.717, 1.165) is 41.4 Å². The van der Waals surface area contributed by atoms with Gasteiger partial charge >= 0.3 is 12.1 Å². The molecule has 5 fully saturated rings. The first-order valence-electron chi connectivity index (χ1n) is 14.8. The number of carboxylic acids is 1. The number of nitrogens with two attached hydrogens (primary N) is 1. The van der Waals surface area contributed by atoms with Gasteiger partial charge in [-0.3, -0.25) is 9.59 Å². The van der Waals surface area contributed by atoms with Crippen LogP contribution < -0.4 is 11.1 Å². The number of amides is 2. The number of likely N-dealkylation sites (tertiary alicyclic amines) is 1. The van der Waals surface area contributed by atoms with Crippen LogP contribution in [0.2, 0.25) is 0 Å². The molecule has 1 unspecified atom stereocenters. The molecule has 4 bridgehead atoms. The summed E-state index contributed by atoms with van der Waals surface area (Å²) in [7, 11) is 0. The molecule has 0 aromatic heterocycles. The molecular weight excluding hydrogens is 547 g/mol. The van der Waals surface area contributed by atoms with Gasteiger partial charge in [0.2, 0.25) is 11.8 Å². The van der Waals surface area contributed by atoms with Crippen LogP contribution in [0, 0.1) is 23.7 Å². The van der Waals surface area contributed by atoms with Crippen LogP contribution in [0.25, 0.3) is 11.1 Å². The molecule has 2 aromatic rings. The van der Waals surface area contributed by atoms with Gasteiger partial charge in [-0.2, -0.15) is 13.2 Å². The molecule has 1 saturated heterocycles. The summed E-state index contributed by atoms with van der Waals surface area (Å²) >= 11 is 0. The Balaban J connectivity index is 0.000000451. The minimum atomic E-state index is -5.08. The second kappa shape index (κ2) is 12.5. The van der Waals surface area contributed by atoms with Gasteiger partial charge in [-0.25, -0.2) is 4.79 Å². The van der Waals surface area contributed by atoms with Gasteiger partial charge in [-0.1, -0.05) is 54.6 Å². The van der Waals surface area contributed by atoms with E-state index < -0.39 is 18.2 Å². The largest absolute Gasteiger partial charge is 0.490 e. The van der Waals surface area contributed by atoms with E-state index >= 15 is 0 Å². The highest BCUT2D eigenvalue weighted by atomic mass is 19.4. The second-order valence-electron chi connectivity index (χ2n) is 12.3. The Kier molecular flexibility index (Phi) is 8.92. The van der Waals surface area contributed by atoms with Crippen LogP contribution >= 0.6 is 0 Å². The fourth-order valence-corrected chi connectivity index (χ4v) is 7.79. The molecule has 2 aromatic carbocycles. The van der Waals surface area contributed by atoms with Crippen molar-refractivity contribution in [3.05, 3.63) is 60.2 Å². The lowest BCUT2D eigenvalue weighted by atomic mass is 9.54. The van der Waals surface area contributed by atoms with Crippen molar-refractivity contribution in [1.82, 2.24) is 10.2 Å². The average Bonchev–Trinajstić information content (AvgIpc) is 3.45. The Hall–Kier alpha value is -3.40. The van der Waals surface area contributed by atoms with Gasteiger partial charge in [0, 0.05) is 12.6 Å². The van der Waals surface area contributed by atoms with Crippen molar-refractivity contribution in [2.75, 3.05) is 6.54 Å². The van der Waals surface area contributed by atoms with Crippen molar-refractivity contribution >= 4 is 17.8 Å². The number of carbonyl (C=O) groups excluding carboxylic acids is 2. The van der Waals surface area contributed by atoms with E-state index in [9.17, 15) is 22.8 Å². The SMILES string of the molecule is NC(Cc1cccc(-c2ccccc2)c1)C(=O)N1CCC[C@@H]1C(=O)NC1C2CC3CC(C2)CC1C3.O=C(O)C(F)(F)F. The first kappa shape index (κ1) is 30.1. The predicted molar refractivity (Wildman–Crippen MR) is 151 cm³/mol. The molecule has 0 radical (unpaired) electrons. The minimum absolute atomic E-state index is 0.0478. The maximum absolute atomic E-state index is 13.4. The average molecular weight is 586 g/mol. The summed E-state index contributed by atoms with van der Waals surface area (Å²) in [6, 6.07) is 17.8. The summed E-state index contributed by atoms with van der Waals surface area (Å²) in [5, 5.41) is 10.6. The van der Waals surface area contributed by atoms with E-state index in [1.54, 1.807) is 4.90 Å². The van der Waals surface area contributed by atoms with Crippen molar-refractivity contribution in [1.29, 1.82) is 0 Å². The summed E-state index contributed by atoms with van der Waals surface area (Å²) in [4.78, 5) is 37.4. The number of alkyl halides is 3. The van der Waals surface area contributed by atoms with Crippen LogP contribution in [0.1, 0.15) is 50.5 Å². The zero-order valence-corrected chi connectivity index (χ0v) is 23.4. The second-order valence-corrected chi connectivity index (χ2v) is 12.3. The standard InChI is InChI=1S/C30H37N3O2.C2HF3O2/c31-26(18-19-6-4-9-23(13-19)22-7-2-1-3-8-22)30(35)33-11-5-10-27(33)29(34)32-28-24-14-20-12-21(16-24)17-25(28)15-20;3-2(4,5)1(6)7/h1-4,6-9,13,20-21,24-28H,5,10-12,14-18,31H2,(H,32,34);(H,6,7)/t20?,21?,24?,25?,26?,27-,28?;/m1./s1. The molecule has 4 N–H and O–H groups in total. The molecule has 7 nitrogen and oxygen atoms in total. The number of carbonyl (C=O) groups is 3. The normalized spacial score (nSPS) is 28.5. The van der Waals surface area contributed by atoms with Gasteiger partial charge in [0.15, 0.2) is 0 Å². The van der Waals surface area contributed by atoms with E-state index in [-0.39, 0.29) is 17.9 Å². The third kappa shape index (κ3) is 6.80. The van der Waals surface area contributed by atoms with Crippen LogP contribution in [-0.2, 0) is 20.8 Å². The van der Waals surface area contributed by atoms with E-state index in [4.69, 9.17) is 15.6 Å². The Labute approximate surface area is 243 Å². The molecule has 0 spiro atoms. The topological polar surface area (TPSA) is 113 Å². The van der Waals surface area contributed by atoms with E-state index in [2.05, 4.69) is 29.6 Å². The fourth-order valence-electron chi connectivity index (χ4n) is 7.79. The molecule has 4 saturated carbocycles. The van der Waals surface area contributed by atoms with Crippen LogP contribution in [0.5, 0.6) is 0 Å². The van der Waals surface area contributed by atoms with Gasteiger partial charge < -0.3 is 21.1 Å². The van der Waals surface area contributed by atoms with Crippen LogP contribution in [0.15, 0.2) is 54.6 Å². The van der Waals surface area contributed by atoms with Crippen molar-refractivity contribution in [3.8, 4) is 11.1 Å². The number of nitrogens with one attached hydrogen (secondary N) is 1. The summed E-state index contributed by atoms with van der Waals surface area (Å²) in [6.45, 7) is 0.621. The van der Waals surface area contributed by atoms with Gasteiger partial charge in [0.1, 0.15) is 6.04 Å². The highest BCUT2D eigenvalue weighted by Gasteiger charge is 2.49. The molecule has 10 heteroatoms. The first-order chi connectivity index (χ1) is 20.0. The third-order valence-electron chi connectivity index (χ3n) is 9.42. The lowest BCUT2D eigenvalue weighted by Crippen LogP contribution is -2.59. The molecule has 42 heavy (non-hydrogen) atoms. The van der Waals surface area contributed by atoms with Crippen molar-refractivity contribution in [2.45, 2.75) is 75.7 Å². The number of halogens is 3. The zero-order valence-electron chi connectivity index (χ0n) is 23.4. The summed E-state index contributed by atoms with van der Waals surface area (Å²) in [5.74, 6) is 0.235. The van der Waals surface area contributed by atoms with Crippen molar-refractivity contribution < 1.29 is 32.7 Å². The molecule has 7 rings (SSSR count). The van der Waals surface area contributed by atoms with Crippen molar-refractivity contribution in [2.24, 2.45) is 29.4 Å². The zero-order chi connectivity index (χ0) is 30.0. The van der Waals surface area contributed by atoms with Gasteiger partial charge in [0.05, 0.1) is 6.04 Å². The molecular formula is C32H38F3N3O4. The number of benzene rings is 2. The Morgan fingerprint density at radius 3 is 2.12 bits per heavy atom. The Morgan fingerprint density at radius 1 is 0.929 bits per heavy atom. The molecule has 2 atom stereocenters. The van der Waals surface area contributed by atoms with Crippen molar-refractivity contribution in [3.63, 3.8) is 0 Å². The summed E-state index contributed by atoms with van der Waals surface area (Å²) < 4.78 is 31.7. The van der Waals surface area contributed by atoms with Crippen LogP contribution in [0.3, 0.4) is 0 Å². The number of hydrogen-bond donors (Lipinski definition) is 3. The molecule has 226 valence electrons. The quantitative estimate of drug-likeness (QED) is 0.452. The lowest BCUT2D eigenvalue weighted by molar-refractivity contribution is -0.192. The van der Waals surface area contributed by atoms with Gasteiger partial charge in [-0.15, -0.1) is 0 Å². The summed E-state index contributed by atoms with van der Waals surface area (Å²) in [6.07, 6.45) is 3.50. The Morgan fingerprint density at radius 2 is 1.52 bits per heavy atom. The molecule has 5 aliphatic rings. The highest BCUT2D eigenvalue weighted by Crippen LogP contribution is 2.53. The number of rotatable bonds is 6. The summed E-state index contributed by atoms with van der Waals surface area (Å²) in [5.41, 5.74) is 9.75. The fraction of sp³-hybridized carbons (Fsp3) is 0.531. The Bertz CT molecular complexity index is 1260. The lowest BCUT2D eigenvalue weighted by Gasteiger charge is -2.54. The van der Waals surface area contributed by atoms with Gasteiger partial charge in [-0.05, 0) is 91.7 Å². The molecule has 1 heterocycles. The third-order valence-corrected chi connectivity index (χ3v) is 9.42. The predicted octanol–water partition coefficient (Wildman–Crippen LogP) is 4.79. The first-order valence-corrected chi connectivity index (χ1v) is 14.8. The maximum Gasteiger partial charge on any atom is 0.490 e. The maximum atomic E-state index is 13.4. The number of aliphatic carboxylic acids is 1. The van der Waals surface area contributed by atoms with Crippen LogP contribution in [0.4, 0.5) is 13.2 Å². The number of hydrogen-bond acceptors (Lipinski definition) is 4. The number of carboxylic acid groups (broad SMARTS) is 1. The van der Waals surface area contributed by atoms with E-state index in [1.165, 1.54) is 32.1 Å².